The summed E-state index contributed by atoms with van der Waals surface area (Å²) in [6.07, 6.45) is 1.17. The van der Waals surface area contributed by atoms with Crippen molar-refractivity contribution in [2.45, 2.75) is 52.2 Å². The van der Waals surface area contributed by atoms with Crippen LogP contribution in [0, 0.1) is 0 Å². The Bertz CT molecular complexity index is 187. The number of nitrogens with one attached hydrogen (secondary N) is 1. The van der Waals surface area contributed by atoms with Crippen LogP contribution in [0.4, 0.5) is 0 Å². The third kappa shape index (κ3) is 9.69. The van der Waals surface area contributed by atoms with Crippen LogP contribution in [0.3, 0.4) is 0 Å². The van der Waals surface area contributed by atoms with Crippen LogP contribution >= 0.6 is 0 Å². The highest BCUT2D eigenvalue weighted by molar-refractivity contribution is 5.77. The zero-order valence-electron chi connectivity index (χ0n) is 10.2. The van der Waals surface area contributed by atoms with E-state index in [1.54, 1.807) is 0 Å². The molecule has 0 rings (SSSR count). The van der Waals surface area contributed by atoms with Crippen LogP contribution in [0.25, 0.3) is 0 Å². The van der Waals surface area contributed by atoms with Crippen LogP contribution in [0.5, 0.6) is 0 Å². The maximum atomic E-state index is 11.3. The molecule has 4 heteroatoms. The Morgan fingerprint density at radius 3 is 2.53 bits per heavy atom. The lowest BCUT2D eigenvalue weighted by atomic mass is 10.2. The Balaban J connectivity index is 3.58. The van der Waals surface area contributed by atoms with E-state index in [2.05, 4.69) is 5.32 Å². The van der Waals surface area contributed by atoms with Crippen molar-refractivity contribution < 1.29 is 14.6 Å². The zero-order valence-corrected chi connectivity index (χ0v) is 10.2. The van der Waals surface area contributed by atoms with Crippen LogP contribution in [0.15, 0.2) is 0 Å². The van der Waals surface area contributed by atoms with Gasteiger partial charge < -0.3 is 15.2 Å². The number of aliphatic hydroxyl groups excluding tert-OH is 1. The van der Waals surface area contributed by atoms with Crippen LogP contribution in [0.2, 0.25) is 0 Å². The van der Waals surface area contributed by atoms with Crippen molar-refractivity contribution in [3.05, 3.63) is 0 Å². The third-order valence-corrected chi connectivity index (χ3v) is 1.79. The molecule has 0 saturated carbocycles. The highest BCUT2D eigenvalue weighted by Crippen LogP contribution is 2.05. The highest BCUT2D eigenvalue weighted by atomic mass is 16.5. The van der Waals surface area contributed by atoms with Crippen LogP contribution < -0.4 is 5.32 Å². The summed E-state index contributed by atoms with van der Waals surface area (Å²) in [6, 6.07) is 0. The molecule has 0 aliphatic carbocycles. The minimum atomic E-state index is -0.450. The van der Waals surface area contributed by atoms with E-state index in [0.29, 0.717) is 13.0 Å². The van der Waals surface area contributed by atoms with E-state index < -0.39 is 6.10 Å². The molecule has 1 atom stereocenters. The Kier molecular flexibility index (Phi) is 6.52. The number of carbonyl (C=O) groups excluding carboxylic acids is 1. The van der Waals surface area contributed by atoms with Crippen LogP contribution in [-0.2, 0) is 9.53 Å². The summed E-state index contributed by atoms with van der Waals surface area (Å²) in [5, 5.41) is 12.0. The minimum absolute atomic E-state index is 0.0440. The van der Waals surface area contributed by atoms with Gasteiger partial charge in [-0.3, -0.25) is 4.79 Å². The van der Waals surface area contributed by atoms with Crippen molar-refractivity contribution in [2.24, 2.45) is 0 Å². The number of rotatable bonds is 6. The van der Waals surface area contributed by atoms with E-state index >= 15 is 0 Å². The molecule has 1 amide bonds. The number of ether oxygens (including phenoxy) is 1. The molecular weight excluding hydrogens is 194 g/mol. The molecule has 0 aromatic carbocycles. The average Bonchev–Trinajstić information content (AvgIpc) is 2.11. The maximum absolute atomic E-state index is 11.3. The van der Waals surface area contributed by atoms with Gasteiger partial charge in [-0.2, -0.15) is 0 Å². The summed E-state index contributed by atoms with van der Waals surface area (Å²) in [5.41, 5.74) is -0.306. The second-order valence-corrected chi connectivity index (χ2v) is 4.65. The molecule has 0 saturated heterocycles. The average molecular weight is 217 g/mol. The van der Waals surface area contributed by atoms with Gasteiger partial charge in [0, 0.05) is 6.54 Å². The molecule has 0 heterocycles. The number of carbonyl (C=O) groups is 1. The van der Waals surface area contributed by atoms with Crippen LogP contribution in [0.1, 0.15) is 40.5 Å². The van der Waals surface area contributed by atoms with Gasteiger partial charge in [0.25, 0.3) is 0 Å². The standard InChI is InChI=1S/C11H23NO3/c1-5-6-9(13)7-12-10(14)8-15-11(2,3)4/h9,13H,5-8H2,1-4H3,(H,12,14). The molecule has 0 aliphatic heterocycles. The summed E-state index contributed by atoms with van der Waals surface area (Å²) < 4.78 is 5.29. The SMILES string of the molecule is CCCC(O)CNC(=O)COC(C)(C)C. The molecular formula is C11H23NO3. The molecule has 4 nitrogen and oxygen atoms in total. The smallest absolute Gasteiger partial charge is 0.246 e. The second kappa shape index (κ2) is 6.80. The topological polar surface area (TPSA) is 58.6 Å². The van der Waals surface area contributed by atoms with Gasteiger partial charge >= 0.3 is 0 Å². The summed E-state index contributed by atoms with van der Waals surface area (Å²) in [7, 11) is 0. The monoisotopic (exact) mass is 217 g/mol. The number of amides is 1. The first-order valence-electron chi connectivity index (χ1n) is 5.44. The third-order valence-electron chi connectivity index (χ3n) is 1.79. The van der Waals surface area contributed by atoms with Crippen molar-refractivity contribution in [1.29, 1.82) is 0 Å². The Hall–Kier alpha value is -0.610. The van der Waals surface area contributed by atoms with Crippen molar-refractivity contribution in [2.75, 3.05) is 13.2 Å². The van der Waals surface area contributed by atoms with Crippen molar-refractivity contribution in [3.63, 3.8) is 0 Å². The van der Waals surface area contributed by atoms with Gasteiger partial charge in [-0.1, -0.05) is 13.3 Å². The predicted octanol–water partition coefficient (Wildman–Crippen LogP) is 1.08. The number of hydrogen-bond donors (Lipinski definition) is 2. The zero-order chi connectivity index (χ0) is 11.9. The summed E-state index contributed by atoms with van der Waals surface area (Å²) >= 11 is 0. The van der Waals surface area contributed by atoms with E-state index in [1.807, 2.05) is 27.7 Å². The van der Waals surface area contributed by atoms with Gasteiger partial charge in [0.2, 0.25) is 5.91 Å². The molecule has 0 aromatic rings. The maximum Gasteiger partial charge on any atom is 0.246 e. The first-order chi connectivity index (χ1) is 6.85. The quantitative estimate of drug-likeness (QED) is 0.700. The molecule has 0 aromatic heterocycles. The summed E-state index contributed by atoms with van der Waals surface area (Å²) in [4.78, 5) is 11.3. The molecule has 0 radical (unpaired) electrons. The lowest BCUT2D eigenvalue weighted by Gasteiger charge is -2.19. The molecule has 0 bridgehead atoms. The minimum Gasteiger partial charge on any atom is -0.391 e. The van der Waals surface area contributed by atoms with Crippen molar-refractivity contribution in [1.82, 2.24) is 5.32 Å². The fraction of sp³-hybridized carbons (Fsp3) is 0.909. The van der Waals surface area contributed by atoms with Gasteiger partial charge in [-0.15, -0.1) is 0 Å². The normalized spacial score (nSPS) is 13.7. The van der Waals surface area contributed by atoms with Gasteiger partial charge in [0.15, 0.2) is 0 Å². The van der Waals surface area contributed by atoms with Crippen molar-refractivity contribution in [3.8, 4) is 0 Å². The Morgan fingerprint density at radius 1 is 1.47 bits per heavy atom. The molecule has 0 fully saturated rings. The second-order valence-electron chi connectivity index (χ2n) is 4.65. The Morgan fingerprint density at radius 2 is 2.07 bits per heavy atom. The molecule has 15 heavy (non-hydrogen) atoms. The predicted molar refractivity (Wildman–Crippen MR) is 59.6 cm³/mol. The number of aliphatic hydroxyl groups is 1. The summed E-state index contributed by atoms with van der Waals surface area (Å²) in [6.45, 7) is 8.03. The summed E-state index contributed by atoms with van der Waals surface area (Å²) in [5.74, 6) is -0.180. The van der Waals surface area contributed by atoms with Crippen LogP contribution in [-0.4, -0.2) is 35.9 Å². The highest BCUT2D eigenvalue weighted by Gasteiger charge is 2.13. The Labute approximate surface area is 92.0 Å². The van der Waals surface area contributed by atoms with E-state index in [9.17, 15) is 9.90 Å². The fourth-order valence-electron chi connectivity index (χ4n) is 1.00. The molecule has 2 N–H and O–H groups in total. The van der Waals surface area contributed by atoms with Crippen molar-refractivity contribution >= 4 is 5.91 Å². The van der Waals surface area contributed by atoms with E-state index in [4.69, 9.17) is 4.74 Å². The van der Waals surface area contributed by atoms with Gasteiger partial charge in [-0.25, -0.2) is 0 Å². The van der Waals surface area contributed by atoms with E-state index in [1.165, 1.54) is 0 Å². The molecule has 90 valence electrons. The molecule has 0 spiro atoms. The lowest BCUT2D eigenvalue weighted by Crippen LogP contribution is -2.36. The first-order valence-corrected chi connectivity index (χ1v) is 5.44. The fourth-order valence-corrected chi connectivity index (χ4v) is 1.00. The lowest BCUT2D eigenvalue weighted by molar-refractivity contribution is -0.131. The molecule has 0 aliphatic rings. The van der Waals surface area contributed by atoms with Gasteiger partial charge in [-0.05, 0) is 27.2 Å². The van der Waals surface area contributed by atoms with Gasteiger partial charge in [0.05, 0.1) is 11.7 Å². The van der Waals surface area contributed by atoms with E-state index in [0.717, 1.165) is 6.42 Å². The van der Waals surface area contributed by atoms with Gasteiger partial charge in [0.1, 0.15) is 6.61 Å². The largest absolute Gasteiger partial charge is 0.391 e. The first kappa shape index (κ1) is 14.4. The van der Waals surface area contributed by atoms with E-state index in [-0.39, 0.29) is 18.1 Å². The number of hydrogen-bond acceptors (Lipinski definition) is 3. The molecule has 1 unspecified atom stereocenters.